The standard InChI is InChI=1S/C20H21BrN2O4S/c1-25-16-10-14(11-17(26-2)18(16)27-3)19(24)23-9-8-22-20(23)28-12-13-4-6-15(21)7-5-13/h4-7,10-11H,8-9,12H2,1-3H3. The second-order valence-electron chi connectivity index (χ2n) is 5.95. The molecule has 3 rings (SSSR count). The van der Waals surface area contributed by atoms with Crippen molar-refractivity contribution in [3.63, 3.8) is 0 Å². The summed E-state index contributed by atoms with van der Waals surface area (Å²) in [5, 5.41) is 0.724. The maximum Gasteiger partial charge on any atom is 0.260 e. The maximum absolute atomic E-state index is 13.1. The predicted octanol–water partition coefficient (Wildman–Crippen LogP) is 4.22. The molecule has 6 nitrogen and oxygen atoms in total. The van der Waals surface area contributed by atoms with E-state index >= 15 is 0 Å². The van der Waals surface area contributed by atoms with Crippen molar-refractivity contribution in [3.8, 4) is 17.2 Å². The van der Waals surface area contributed by atoms with Gasteiger partial charge in [0, 0.05) is 22.3 Å². The van der Waals surface area contributed by atoms with Crippen molar-refractivity contribution in [2.45, 2.75) is 5.75 Å². The van der Waals surface area contributed by atoms with Gasteiger partial charge in [0.25, 0.3) is 5.91 Å². The monoisotopic (exact) mass is 464 g/mol. The molecule has 0 saturated carbocycles. The number of hydrogen-bond donors (Lipinski definition) is 0. The lowest BCUT2D eigenvalue weighted by Gasteiger charge is -2.20. The Morgan fingerprint density at radius 1 is 1.11 bits per heavy atom. The molecule has 2 aromatic carbocycles. The summed E-state index contributed by atoms with van der Waals surface area (Å²) in [5.41, 5.74) is 1.64. The van der Waals surface area contributed by atoms with E-state index in [9.17, 15) is 4.79 Å². The highest BCUT2D eigenvalue weighted by Gasteiger charge is 2.27. The van der Waals surface area contributed by atoms with Gasteiger partial charge in [-0.05, 0) is 29.8 Å². The molecule has 0 aromatic heterocycles. The summed E-state index contributed by atoms with van der Waals surface area (Å²) in [5.74, 6) is 1.96. The Morgan fingerprint density at radius 2 is 1.75 bits per heavy atom. The summed E-state index contributed by atoms with van der Waals surface area (Å²) in [6.45, 7) is 1.15. The Kier molecular flexibility index (Phi) is 6.85. The minimum absolute atomic E-state index is 0.140. The van der Waals surface area contributed by atoms with Gasteiger partial charge in [0.15, 0.2) is 16.7 Å². The Hall–Kier alpha value is -2.19. The lowest BCUT2D eigenvalue weighted by Crippen LogP contribution is -2.32. The van der Waals surface area contributed by atoms with Crippen molar-refractivity contribution >= 4 is 38.8 Å². The van der Waals surface area contributed by atoms with Gasteiger partial charge < -0.3 is 14.2 Å². The molecule has 8 heteroatoms. The van der Waals surface area contributed by atoms with Crippen molar-refractivity contribution < 1.29 is 19.0 Å². The van der Waals surface area contributed by atoms with Crippen molar-refractivity contribution in [1.29, 1.82) is 0 Å². The molecule has 1 amide bonds. The third-order valence-corrected chi connectivity index (χ3v) is 5.85. The van der Waals surface area contributed by atoms with Crippen LogP contribution in [-0.2, 0) is 5.75 Å². The van der Waals surface area contributed by atoms with Crippen LogP contribution < -0.4 is 14.2 Å². The maximum atomic E-state index is 13.1. The highest BCUT2D eigenvalue weighted by molar-refractivity contribution is 9.10. The number of amides is 1. The zero-order chi connectivity index (χ0) is 20.1. The molecule has 0 aliphatic carbocycles. The summed E-state index contributed by atoms with van der Waals surface area (Å²) in [4.78, 5) is 19.3. The van der Waals surface area contributed by atoms with E-state index in [0.717, 1.165) is 15.4 Å². The van der Waals surface area contributed by atoms with Gasteiger partial charge in [-0.25, -0.2) is 0 Å². The topological polar surface area (TPSA) is 60.4 Å². The predicted molar refractivity (Wildman–Crippen MR) is 115 cm³/mol. The van der Waals surface area contributed by atoms with Gasteiger partial charge in [-0.15, -0.1) is 0 Å². The van der Waals surface area contributed by atoms with Crippen LogP contribution in [0.2, 0.25) is 0 Å². The molecule has 0 unspecified atom stereocenters. The Labute approximate surface area is 177 Å². The van der Waals surface area contributed by atoms with Gasteiger partial charge in [0.1, 0.15) is 0 Å². The van der Waals surface area contributed by atoms with Gasteiger partial charge in [-0.1, -0.05) is 39.8 Å². The molecule has 0 radical (unpaired) electrons. The SMILES string of the molecule is COc1cc(C(=O)N2CCN=C2SCc2ccc(Br)cc2)cc(OC)c1OC. The molecule has 0 bridgehead atoms. The highest BCUT2D eigenvalue weighted by Crippen LogP contribution is 2.38. The van der Waals surface area contributed by atoms with Gasteiger partial charge in [-0.2, -0.15) is 0 Å². The number of ether oxygens (including phenoxy) is 3. The van der Waals surface area contributed by atoms with Crippen LogP contribution in [0, 0.1) is 0 Å². The zero-order valence-electron chi connectivity index (χ0n) is 15.9. The first-order chi connectivity index (χ1) is 13.6. The van der Waals surface area contributed by atoms with E-state index in [1.165, 1.54) is 26.9 Å². The van der Waals surface area contributed by atoms with E-state index in [0.29, 0.717) is 35.9 Å². The highest BCUT2D eigenvalue weighted by atomic mass is 79.9. The number of carbonyl (C=O) groups is 1. The smallest absolute Gasteiger partial charge is 0.260 e. The van der Waals surface area contributed by atoms with Gasteiger partial charge >= 0.3 is 0 Å². The third kappa shape index (κ3) is 4.44. The van der Waals surface area contributed by atoms with Crippen molar-refractivity contribution in [1.82, 2.24) is 4.90 Å². The van der Waals surface area contributed by atoms with E-state index in [-0.39, 0.29) is 5.91 Å². The number of halogens is 1. The first kappa shape index (κ1) is 20.5. The van der Waals surface area contributed by atoms with Crippen LogP contribution in [0.4, 0.5) is 0 Å². The fraction of sp³-hybridized carbons (Fsp3) is 0.300. The molecule has 0 saturated heterocycles. The molecule has 0 atom stereocenters. The second-order valence-corrected chi connectivity index (χ2v) is 7.81. The zero-order valence-corrected chi connectivity index (χ0v) is 18.3. The fourth-order valence-electron chi connectivity index (χ4n) is 2.83. The average molecular weight is 465 g/mol. The van der Waals surface area contributed by atoms with E-state index in [1.54, 1.807) is 28.8 Å². The summed E-state index contributed by atoms with van der Waals surface area (Å²) >= 11 is 4.99. The molecule has 28 heavy (non-hydrogen) atoms. The van der Waals surface area contributed by atoms with E-state index in [4.69, 9.17) is 14.2 Å². The molecule has 1 aliphatic heterocycles. The average Bonchev–Trinajstić information content (AvgIpc) is 3.20. The Bertz CT molecular complexity index is 861. The quantitative estimate of drug-likeness (QED) is 0.640. The minimum Gasteiger partial charge on any atom is -0.493 e. The summed E-state index contributed by atoms with van der Waals surface area (Å²) in [6, 6.07) is 11.4. The van der Waals surface area contributed by atoms with Crippen LogP contribution in [0.25, 0.3) is 0 Å². The van der Waals surface area contributed by atoms with Crippen LogP contribution in [0.5, 0.6) is 17.2 Å². The Balaban J connectivity index is 1.77. The fourth-order valence-corrected chi connectivity index (χ4v) is 4.09. The molecule has 0 N–H and O–H groups in total. The minimum atomic E-state index is -0.140. The molecule has 1 heterocycles. The largest absolute Gasteiger partial charge is 0.493 e. The van der Waals surface area contributed by atoms with Crippen LogP contribution >= 0.6 is 27.7 Å². The molecule has 1 aliphatic rings. The normalized spacial score (nSPS) is 13.3. The number of thioether (sulfide) groups is 1. The lowest BCUT2D eigenvalue weighted by molar-refractivity contribution is 0.0860. The van der Waals surface area contributed by atoms with Gasteiger partial charge in [-0.3, -0.25) is 14.7 Å². The summed E-state index contributed by atoms with van der Waals surface area (Å²) < 4.78 is 17.1. The van der Waals surface area contributed by atoms with Crippen molar-refractivity contribution in [2.75, 3.05) is 34.4 Å². The molecule has 148 valence electrons. The first-order valence-electron chi connectivity index (χ1n) is 8.61. The van der Waals surface area contributed by atoms with Crippen LogP contribution in [0.1, 0.15) is 15.9 Å². The molecule has 2 aromatic rings. The van der Waals surface area contributed by atoms with Crippen molar-refractivity contribution in [2.24, 2.45) is 4.99 Å². The van der Waals surface area contributed by atoms with Crippen LogP contribution in [0.3, 0.4) is 0 Å². The van der Waals surface area contributed by atoms with Gasteiger partial charge in [0.05, 0.1) is 27.9 Å². The number of benzene rings is 2. The molecule has 0 spiro atoms. The van der Waals surface area contributed by atoms with Crippen molar-refractivity contribution in [3.05, 3.63) is 52.0 Å². The number of nitrogens with zero attached hydrogens (tertiary/aromatic N) is 2. The number of rotatable bonds is 6. The second kappa shape index (κ2) is 9.34. The van der Waals surface area contributed by atoms with E-state index < -0.39 is 0 Å². The number of methoxy groups -OCH3 is 3. The summed E-state index contributed by atoms with van der Waals surface area (Å²) in [7, 11) is 4.59. The molecular formula is C20H21BrN2O4S. The van der Waals surface area contributed by atoms with E-state index in [2.05, 4.69) is 33.1 Å². The molecule has 0 fully saturated rings. The third-order valence-electron chi connectivity index (χ3n) is 4.24. The Morgan fingerprint density at radius 3 is 2.32 bits per heavy atom. The van der Waals surface area contributed by atoms with Crippen LogP contribution in [-0.4, -0.2) is 50.4 Å². The molecular weight excluding hydrogens is 444 g/mol. The lowest BCUT2D eigenvalue weighted by atomic mass is 10.1. The summed E-state index contributed by atoms with van der Waals surface area (Å²) in [6.07, 6.45) is 0. The first-order valence-corrected chi connectivity index (χ1v) is 10.4. The van der Waals surface area contributed by atoms with Crippen LogP contribution in [0.15, 0.2) is 45.9 Å². The number of amidine groups is 1. The van der Waals surface area contributed by atoms with E-state index in [1.807, 2.05) is 12.1 Å². The number of carbonyl (C=O) groups excluding carboxylic acids is 1. The number of aliphatic imine (C=N–C) groups is 1. The number of hydrogen-bond acceptors (Lipinski definition) is 6. The van der Waals surface area contributed by atoms with Gasteiger partial charge in [0.2, 0.25) is 5.75 Å².